The van der Waals surface area contributed by atoms with Crippen molar-refractivity contribution in [3.63, 3.8) is 0 Å². The first-order chi connectivity index (χ1) is 8.22. The molecule has 1 aromatic heterocycles. The van der Waals surface area contributed by atoms with Crippen molar-refractivity contribution in [3.8, 4) is 6.07 Å². The molecule has 0 aliphatic heterocycles. The zero-order valence-electron chi connectivity index (χ0n) is 9.33. The minimum absolute atomic E-state index is 0.234. The van der Waals surface area contributed by atoms with Gasteiger partial charge in [0.1, 0.15) is 5.82 Å². The Balaban J connectivity index is 2.20. The fourth-order valence-electron chi connectivity index (χ4n) is 1.75. The molecule has 1 fully saturated rings. The maximum Gasteiger partial charge on any atom is 0.335 e. The second-order valence-corrected chi connectivity index (χ2v) is 4.04. The zero-order chi connectivity index (χ0) is 12.3. The molecule has 0 aromatic carbocycles. The molecule has 0 radical (unpaired) electrons. The smallest absolute Gasteiger partial charge is 0.335 e. The number of anilines is 1. The molecule has 0 amide bonds. The lowest BCUT2D eigenvalue weighted by molar-refractivity contribution is 0.0697. The van der Waals surface area contributed by atoms with Crippen LogP contribution in [0.1, 0.15) is 29.6 Å². The summed E-state index contributed by atoms with van der Waals surface area (Å²) in [4.78, 5) is 17.1. The summed E-state index contributed by atoms with van der Waals surface area (Å²) in [5.41, 5.74) is 0.234. The third-order valence-electron chi connectivity index (χ3n) is 2.74. The molecule has 0 unspecified atom stereocenters. The maximum atomic E-state index is 10.9. The van der Waals surface area contributed by atoms with Gasteiger partial charge in [0, 0.05) is 18.8 Å². The van der Waals surface area contributed by atoms with Crippen LogP contribution in [0, 0.1) is 11.3 Å². The zero-order valence-corrected chi connectivity index (χ0v) is 9.33. The summed E-state index contributed by atoms with van der Waals surface area (Å²) in [6.07, 6.45) is 4.10. The van der Waals surface area contributed by atoms with Gasteiger partial charge in [0.25, 0.3) is 0 Å². The molecule has 0 spiro atoms. The predicted molar refractivity (Wildman–Crippen MR) is 61.8 cm³/mol. The number of carbonyl (C=O) groups is 1. The number of nitriles is 1. The van der Waals surface area contributed by atoms with Gasteiger partial charge in [0.15, 0.2) is 0 Å². The van der Waals surface area contributed by atoms with Crippen molar-refractivity contribution >= 4 is 11.8 Å². The number of pyridine rings is 1. The fourth-order valence-corrected chi connectivity index (χ4v) is 1.75. The van der Waals surface area contributed by atoms with E-state index in [-0.39, 0.29) is 5.56 Å². The minimum atomic E-state index is -0.954. The number of hydrogen-bond acceptors (Lipinski definition) is 4. The van der Waals surface area contributed by atoms with Crippen LogP contribution in [-0.4, -0.2) is 28.6 Å². The van der Waals surface area contributed by atoms with Crippen LogP contribution in [0.5, 0.6) is 0 Å². The van der Waals surface area contributed by atoms with E-state index in [4.69, 9.17) is 10.4 Å². The SMILES string of the molecule is N#CCCN(c1cc(C(=O)O)ccn1)C1CC1. The fraction of sp³-hybridized carbons (Fsp3) is 0.417. The Morgan fingerprint density at radius 1 is 1.65 bits per heavy atom. The number of carboxylic acids is 1. The Hall–Kier alpha value is -2.09. The van der Waals surface area contributed by atoms with Crippen molar-refractivity contribution in [2.24, 2.45) is 0 Å². The standard InChI is InChI=1S/C12H13N3O2/c13-5-1-7-15(10-2-3-10)11-8-9(12(16)17)4-6-14-11/h4,6,8,10H,1-3,7H2,(H,16,17). The molecule has 5 nitrogen and oxygen atoms in total. The topological polar surface area (TPSA) is 77.2 Å². The summed E-state index contributed by atoms with van der Waals surface area (Å²) in [5.74, 6) is -0.299. The molecule has 17 heavy (non-hydrogen) atoms. The molecule has 5 heteroatoms. The van der Waals surface area contributed by atoms with E-state index in [2.05, 4.69) is 11.1 Å². The van der Waals surface area contributed by atoms with Gasteiger partial charge < -0.3 is 10.0 Å². The molecule has 88 valence electrons. The van der Waals surface area contributed by atoms with Crippen LogP contribution in [0.3, 0.4) is 0 Å². The summed E-state index contributed by atoms with van der Waals surface area (Å²) in [7, 11) is 0. The molecule has 1 aromatic rings. The summed E-state index contributed by atoms with van der Waals surface area (Å²) in [6.45, 7) is 0.608. The predicted octanol–water partition coefficient (Wildman–Crippen LogP) is 1.66. The van der Waals surface area contributed by atoms with Gasteiger partial charge in [-0.3, -0.25) is 0 Å². The lowest BCUT2D eigenvalue weighted by Crippen LogP contribution is -2.27. The van der Waals surface area contributed by atoms with Crippen molar-refractivity contribution < 1.29 is 9.90 Å². The van der Waals surface area contributed by atoms with Crippen LogP contribution < -0.4 is 4.90 Å². The Morgan fingerprint density at radius 3 is 3.00 bits per heavy atom. The maximum absolute atomic E-state index is 10.9. The molecular formula is C12H13N3O2. The van der Waals surface area contributed by atoms with Gasteiger partial charge in [-0.05, 0) is 25.0 Å². The van der Waals surface area contributed by atoms with E-state index in [0.717, 1.165) is 12.8 Å². The Morgan fingerprint density at radius 2 is 2.41 bits per heavy atom. The Kier molecular flexibility index (Phi) is 3.24. The second kappa shape index (κ2) is 4.83. The first-order valence-electron chi connectivity index (χ1n) is 5.55. The lowest BCUT2D eigenvalue weighted by atomic mass is 10.2. The summed E-state index contributed by atoms with van der Waals surface area (Å²) in [6, 6.07) is 5.56. The molecule has 1 N–H and O–H groups in total. The average molecular weight is 231 g/mol. The average Bonchev–Trinajstić information content (AvgIpc) is 3.14. The van der Waals surface area contributed by atoms with E-state index in [1.54, 1.807) is 6.07 Å². The van der Waals surface area contributed by atoms with Crippen molar-refractivity contribution in [1.29, 1.82) is 5.26 Å². The van der Waals surface area contributed by atoms with Crippen LogP contribution in [0.2, 0.25) is 0 Å². The Labute approximate surface area is 99.3 Å². The van der Waals surface area contributed by atoms with Crippen LogP contribution in [-0.2, 0) is 0 Å². The summed E-state index contributed by atoms with van der Waals surface area (Å²) >= 11 is 0. The highest BCUT2D eigenvalue weighted by Gasteiger charge is 2.29. The Bertz CT molecular complexity index is 463. The normalized spacial score (nSPS) is 14.1. The quantitative estimate of drug-likeness (QED) is 0.833. The molecule has 0 bridgehead atoms. The highest BCUT2D eigenvalue weighted by atomic mass is 16.4. The molecule has 1 heterocycles. The number of hydrogen-bond donors (Lipinski definition) is 1. The van der Waals surface area contributed by atoms with Crippen molar-refractivity contribution in [1.82, 2.24) is 4.98 Å². The summed E-state index contributed by atoms with van der Waals surface area (Å²) in [5, 5.41) is 17.5. The van der Waals surface area contributed by atoms with Crippen LogP contribution in [0.15, 0.2) is 18.3 Å². The van der Waals surface area contributed by atoms with Crippen molar-refractivity contribution in [2.45, 2.75) is 25.3 Å². The minimum Gasteiger partial charge on any atom is -0.478 e. The third-order valence-corrected chi connectivity index (χ3v) is 2.74. The van der Waals surface area contributed by atoms with E-state index >= 15 is 0 Å². The first-order valence-corrected chi connectivity index (χ1v) is 5.55. The molecule has 1 aliphatic carbocycles. The molecule has 1 saturated carbocycles. The third kappa shape index (κ3) is 2.72. The van der Waals surface area contributed by atoms with Crippen LogP contribution in [0.25, 0.3) is 0 Å². The van der Waals surface area contributed by atoms with Gasteiger partial charge >= 0.3 is 5.97 Å². The van der Waals surface area contributed by atoms with Gasteiger partial charge in [-0.15, -0.1) is 0 Å². The number of nitrogens with zero attached hydrogens (tertiary/aromatic N) is 3. The van der Waals surface area contributed by atoms with Crippen molar-refractivity contribution in [3.05, 3.63) is 23.9 Å². The molecular weight excluding hydrogens is 218 g/mol. The van der Waals surface area contributed by atoms with Crippen molar-refractivity contribution in [2.75, 3.05) is 11.4 Å². The van der Waals surface area contributed by atoms with Gasteiger partial charge in [-0.25, -0.2) is 9.78 Å². The van der Waals surface area contributed by atoms with Gasteiger partial charge in [0.05, 0.1) is 18.1 Å². The van der Waals surface area contributed by atoms with Gasteiger partial charge in [-0.1, -0.05) is 0 Å². The van der Waals surface area contributed by atoms with Crippen LogP contribution >= 0.6 is 0 Å². The summed E-state index contributed by atoms with van der Waals surface area (Å²) < 4.78 is 0. The lowest BCUT2D eigenvalue weighted by Gasteiger charge is -2.22. The number of aromatic nitrogens is 1. The molecule has 2 rings (SSSR count). The first kappa shape index (κ1) is 11.4. The van der Waals surface area contributed by atoms with E-state index in [1.807, 2.05) is 4.90 Å². The molecule has 0 atom stereocenters. The van der Waals surface area contributed by atoms with E-state index in [1.165, 1.54) is 12.3 Å². The highest BCUT2D eigenvalue weighted by Crippen LogP contribution is 2.30. The number of rotatable bonds is 5. The largest absolute Gasteiger partial charge is 0.478 e. The molecule has 0 saturated heterocycles. The van der Waals surface area contributed by atoms with E-state index < -0.39 is 5.97 Å². The van der Waals surface area contributed by atoms with Gasteiger partial charge in [-0.2, -0.15) is 5.26 Å². The van der Waals surface area contributed by atoms with Crippen LogP contribution in [0.4, 0.5) is 5.82 Å². The number of carboxylic acid groups (broad SMARTS) is 1. The monoisotopic (exact) mass is 231 g/mol. The van der Waals surface area contributed by atoms with Gasteiger partial charge in [0.2, 0.25) is 0 Å². The second-order valence-electron chi connectivity index (χ2n) is 4.04. The highest BCUT2D eigenvalue weighted by molar-refractivity contribution is 5.88. The molecule has 1 aliphatic rings. The van der Waals surface area contributed by atoms with E-state index in [9.17, 15) is 4.79 Å². The van der Waals surface area contributed by atoms with E-state index in [0.29, 0.717) is 24.8 Å². The number of aromatic carboxylic acids is 1.